The molecule has 0 bridgehead atoms. The molecule has 0 nitrogen and oxygen atoms in total. The molecule has 0 saturated heterocycles. The zero-order chi connectivity index (χ0) is 16.3. The van der Waals surface area contributed by atoms with Crippen LogP contribution in [-0.4, -0.2) is 0 Å². The van der Waals surface area contributed by atoms with Gasteiger partial charge in [-0.1, -0.05) is 109 Å². The topological polar surface area (TPSA) is 0 Å². The third-order valence-corrected chi connectivity index (χ3v) is 4.80. The SMILES string of the molecule is CCCCCCCCCCCC/C=C(\CC)CCCCCC. The van der Waals surface area contributed by atoms with Crippen LogP contribution in [0.15, 0.2) is 11.6 Å². The van der Waals surface area contributed by atoms with Crippen molar-refractivity contribution in [1.29, 1.82) is 0 Å². The van der Waals surface area contributed by atoms with Gasteiger partial charge >= 0.3 is 0 Å². The van der Waals surface area contributed by atoms with Crippen molar-refractivity contribution in [2.24, 2.45) is 0 Å². The molecule has 0 saturated carbocycles. The lowest BCUT2D eigenvalue weighted by Crippen LogP contribution is -1.85. The van der Waals surface area contributed by atoms with E-state index in [0.29, 0.717) is 0 Å². The first kappa shape index (κ1) is 21.7. The maximum Gasteiger partial charge on any atom is -0.0320 e. The molecule has 0 aliphatic rings. The highest BCUT2D eigenvalue weighted by atomic mass is 14.0. The number of rotatable bonds is 17. The molecular weight excluding hydrogens is 264 g/mol. The Hall–Kier alpha value is -0.260. The van der Waals surface area contributed by atoms with E-state index in [4.69, 9.17) is 0 Å². The van der Waals surface area contributed by atoms with Crippen LogP contribution < -0.4 is 0 Å². The summed E-state index contributed by atoms with van der Waals surface area (Å²) in [4.78, 5) is 0. The van der Waals surface area contributed by atoms with E-state index in [1.807, 2.05) is 0 Å². The summed E-state index contributed by atoms with van der Waals surface area (Å²) in [5.41, 5.74) is 1.71. The van der Waals surface area contributed by atoms with Gasteiger partial charge in [0.1, 0.15) is 0 Å². The van der Waals surface area contributed by atoms with Crippen molar-refractivity contribution < 1.29 is 0 Å². The predicted octanol–water partition coefficient (Wildman–Crippen LogP) is 8.60. The standard InChI is InChI=1S/C22H44/c1-4-7-9-11-12-13-14-15-16-17-19-21-22(6-3)20-18-10-8-5-2/h21H,4-20H2,1-3H3/b22-21+. The molecule has 132 valence electrons. The fourth-order valence-electron chi connectivity index (χ4n) is 3.14. The average molecular weight is 309 g/mol. The van der Waals surface area contributed by atoms with Crippen LogP contribution in [0, 0.1) is 0 Å². The normalized spacial score (nSPS) is 12.0. The molecule has 0 radical (unpaired) electrons. The maximum atomic E-state index is 2.55. The minimum absolute atomic E-state index is 1.27. The molecular formula is C22H44. The van der Waals surface area contributed by atoms with Gasteiger partial charge in [0.15, 0.2) is 0 Å². The summed E-state index contributed by atoms with van der Waals surface area (Å²) >= 11 is 0. The van der Waals surface area contributed by atoms with Crippen LogP contribution in [0.25, 0.3) is 0 Å². The van der Waals surface area contributed by atoms with Crippen molar-refractivity contribution in [1.82, 2.24) is 0 Å². The van der Waals surface area contributed by atoms with E-state index in [0.717, 1.165) is 0 Å². The number of hydrogen-bond donors (Lipinski definition) is 0. The Kier molecular flexibility index (Phi) is 18.6. The summed E-state index contributed by atoms with van der Waals surface area (Å²) in [7, 11) is 0. The van der Waals surface area contributed by atoms with E-state index < -0.39 is 0 Å². The average Bonchev–Trinajstić information content (AvgIpc) is 2.54. The summed E-state index contributed by atoms with van der Waals surface area (Å²) in [6.07, 6.45) is 26.5. The van der Waals surface area contributed by atoms with Crippen LogP contribution in [0.5, 0.6) is 0 Å². The van der Waals surface area contributed by atoms with Gasteiger partial charge in [0.05, 0.1) is 0 Å². The van der Waals surface area contributed by atoms with Crippen LogP contribution in [0.4, 0.5) is 0 Å². The fourth-order valence-corrected chi connectivity index (χ4v) is 3.14. The predicted molar refractivity (Wildman–Crippen MR) is 104 cm³/mol. The van der Waals surface area contributed by atoms with Gasteiger partial charge in [0.25, 0.3) is 0 Å². The molecule has 0 amide bonds. The lowest BCUT2D eigenvalue weighted by molar-refractivity contribution is 0.557. The molecule has 0 aromatic carbocycles. The van der Waals surface area contributed by atoms with Gasteiger partial charge in [0, 0.05) is 0 Å². The number of allylic oxidation sites excluding steroid dienone is 2. The molecule has 0 heterocycles. The van der Waals surface area contributed by atoms with Gasteiger partial charge in [-0.05, 0) is 32.1 Å². The van der Waals surface area contributed by atoms with Crippen LogP contribution >= 0.6 is 0 Å². The second-order valence-corrected chi connectivity index (χ2v) is 7.00. The lowest BCUT2D eigenvalue weighted by Gasteiger charge is -2.05. The van der Waals surface area contributed by atoms with Crippen LogP contribution in [0.2, 0.25) is 0 Å². The van der Waals surface area contributed by atoms with Crippen LogP contribution in [-0.2, 0) is 0 Å². The molecule has 0 fully saturated rings. The van der Waals surface area contributed by atoms with Crippen molar-refractivity contribution in [3.8, 4) is 0 Å². The van der Waals surface area contributed by atoms with Crippen molar-refractivity contribution in [2.75, 3.05) is 0 Å². The molecule has 0 heteroatoms. The Morgan fingerprint density at radius 1 is 0.545 bits per heavy atom. The smallest absolute Gasteiger partial charge is 0.0320 e. The first-order valence-corrected chi connectivity index (χ1v) is 10.5. The van der Waals surface area contributed by atoms with Crippen molar-refractivity contribution in [3.05, 3.63) is 11.6 Å². The van der Waals surface area contributed by atoms with Crippen molar-refractivity contribution >= 4 is 0 Å². The van der Waals surface area contributed by atoms with E-state index in [1.54, 1.807) is 5.57 Å². The first-order chi connectivity index (χ1) is 10.8. The minimum atomic E-state index is 1.27. The van der Waals surface area contributed by atoms with E-state index >= 15 is 0 Å². The monoisotopic (exact) mass is 308 g/mol. The highest BCUT2D eigenvalue weighted by Gasteiger charge is 1.96. The van der Waals surface area contributed by atoms with Gasteiger partial charge in [-0.15, -0.1) is 0 Å². The van der Waals surface area contributed by atoms with E-state index in [1.165, 1.54) is 109 Å². The summed E-state index contributed by atoms with van der Waals surface area (Å²) < 4.78 is 0. The van der Waals surface area contributed by atoms with Gasteiger partial charge in [-0.25, -0.2) is 0 Å². The van der Waals surface area contributed by atoms with E-state index in [2.05, 4.69) is 26.8 Å². The number of unbranched alkanes of at least 4 members (excludes halogenated alkanes) is 13. The van der Waals surface area contributed by atoms with Crippen molar-refractivity contribution in [3.63, 3.8) is 0 Å². The molecule has 0 aromatic heterocycles. The Bertz CT molecular complexity index is 226. The Balaban J connectivity index is 3.35. The van der Waals surface area contributed by atoms with Crippen LogP contribution in [0.1, 0.15) is 130 Å². The molecule has 22 heavy (non-hydrogen) atoms. The zero-order valence-electron chi connectivity index (χ0n) is 16.1. The Morgan fingerprint density at radius 3 is 1.50 bits per heavy atom. The Morgan fingerprint density at radius 2 is 1.00 bits per heavy atom. The quantitative estimate of drug-likeness (QED) is 0.186. The molecule has 0 unspecified atom stereocenters. The van der Waals surface area contributed by atoms with Gasteiger partial charge in [-0.3, -0.25) is 0 Å². The molecule has 0 aromatic rings. The maximum absolute atomic E-state index is 2.55. The second kappa shape index (κ2) is 18.8. The van der Waals surface area contributed by atoms with Gasteiger partial charge in [0.2, 0.25) is 0 Å². The van der Waals surface area contributed by atoms with Gasteiger partial charge in [-0.2, -0.15) is 0 Å². The lowest BCUT2D eigenvalue weighted by atomic mass is 10.0. The third-order valence-electron chi connectivity index (χ3n) is 4.80. The summed E-state index contributed by atoms with van der Waals surface area (Å²) in [5, 5.41) is 0. The summed E-state index contributed by atoms with van der Waals surface area (Å²) in [6, 6.07) is 0. The summed E-state index contributed by atoms with van der Waals surface area (Å²) in [6.45, 7) is 6.91. The van der Waals surface area contributed by atoms with Crippen LogP contribution in [0.3, 0.4) is 0 Å². The molecule has 0 atom stereocenters. The minimum Gasteiger partial charge on any atom is -0.0853 e. The van der Waals surface area contributed by atoms with Gasteiger partial charge < -0.3 is 0 Å². The molecule has 0 aliphatic carbocycles. The first-order valence-electron chi connectivity index (χ1n) is 10.5. The molecule has 0 rings (SSSR count). The Labute approximate surface area is 142 Å². The highest BCUT2D eigenvalue weighted by Crippen LogP contribution is 2.16. The molecule has 0 aliphatic heterocycles. The highest BCUT2D eigenvalue weighted by molar-refractivity contribution is 5.00. The third kappa shape index (κ3) is 16.1. The van der Waals surface area contributed by atoms with E-state index in [-0.39, 0.29) is 0 Å². The zero-order valence-corrected chi connectivity index (χ0v) is 16.1. The van der Waals surface area contributed by atoms with Crippen molar-refractivity contribution in [2.45, 2.75) is 130 Å². The fraction of sp³-hybridized carbons (Fsp3) is 0.909. The largest absolute Gasteiger partial charge is 0.0853 e. The molecule has 0 spiro atoms. The molecule has 0 N–H and O–H groups in total. The number of hydrogen-bond acceptors (Lipinski definition) is 0. The second-order valence-electron chi connectivity index (χ2n) is 7.00. The van der Waals surface area contributed by atoms with E-state index in [9.17, 15) is 0 Å². The summed E-state index contributed by atoms with van der Waals surface area (Å²) in [5.74, 6) is 0.